The standard InChI is InChI=1S/C24H21F6N7O2S/c1-10-13(9-32-36(10)2)12-7-15(23(25,26)27)33-22-18(12)19(20(40-22)21(31)39)34-17(38)5-6-37-14(11-3-4-11)8-16(35-37)24(28,29)30/h7-9,11H,3-6H2,1-2H3,(H2,31,39)(H,34,38). The Morgan fingerprint density at radius 1 is 1.10 bits per heavy atom. The number of thiophene rings is 1. The second-order valence-corrected chi connectivity index (χ2v) is 10.4. The number of pyridine rings is 1. The van der Waals surface area contributed by atoms with Gasteiger partial charge in [-0.1, -0.05) is 0 Å². The van der Waals surface area contributed by atoms with E-state index in [4.69, 9.17) is 5.73 Å². The maximum atomic E-state index is 13.7. The first-order chi connectivity index (χ1) is 18.6. The summed E-state index contributed by atoms with van der Waals surface area (Å²) in [6, 6.07) is 1.78. The van der Waals surface area contributed by atoms with Crippen molar-refractivity contribution in [3.8, 4) is 11.1 Å². The van der Waals surface area contributed by atoms with E-state index < -0.39 is 35.6 Å². The van der Waals surface area contributed by atoms with Crippen LogP contribution in [-0.4, -0.2) is 36.4 Å². The number of nitrogens with one attached hydrogen (secondary N) is 1. The van der Waals surface area contributed by atoms with Crippen molar-refractivity contribution in [1.82, 2.24) is 24.5 Å². The Hall–Kier alpha value is -3.95. The van der Waals surface area contributed by atoms with Crippen molar-refractivity contribution in [1.29, 1.82) is 0 Å². The van der Waals surface area contributed by atoms with Crippen LogP contribution in [0.25, 0.3) is 21.3 Å². The Morgan fingerprint density at radius 3 is 2.33 bits per heavy atom. The van der Waals surface area contributed by atoms with Crippen molar-refractivity contribution in [3.63, 3.8) is 0 Å². The minimum Gasteiger partial charge on any atom is -0.365 e. The van der Waals surface area contributed by atoms with Gasteiger partial charge in [0.05, 0.1) is 11.9 Å². The topological polar surface area (TPSA) is 121 Å². The smallest absolute Gasteiger partial charge is 0.365 e. The van der Waals surface area contributed by atoms with Crippen LogP contribution >= 0.6 is 11.3 Å². The van der Waals surface area contributed by atoms with E-state index in [-0.39, 0.29) is 45.2 Å². The summed E-state index contributed by atoms with van der Waals surface area (Å²) in [6.07, 6.45) is -7.01. The number of nitrogens with two attached hydrogens (primary N) is 1. The molecule has 0 unspecified atom stereocenters. The van der Waals surface area contributed by atoms with Crippen molar-refractivity contribution >= 4 is 39.1 Å². The van der Waals surface area contributed by atoms with Crippen LogP contribution in [0.3, 0.4) is 0 Å². The monoisotopic (exact) mass is 585 g/mol. The van der Waals surface area contributed by atoms with Gasteiger partial charge in [0.2, 0.25) is 5.91 Å². The predicted octanol–water partition coefficient (Wildman–Crippen LogP) is 5.24. The average molecular weight is 586 g/mol. The fourth-order valence-corrected chi connectivity index (χ4v) is 5.38. The third-order valence-electron chi connectivity index (χ3n) is 6.61. The molecule has 1 aliphatic rings. The van der Waals surface area contributed by atoms with Crippen LogP contribution in [0.4, 0.5) is 32.0 Å². The van der Waals surface area contributed by atoms with Gasteiger partial charge in [0.1, 0.15) is 15.4 Å². The highest BCUT2D eigenvalue weighted by Crippen LogP contribution is 2.45. The Bertz CT molecular complexity index is 1650. The number of hydrogen-bond donors (Lipinski definition) is 2. The van der Waals surface area contributed by atoms with Crippen molar-refractivity contribution in [3.05, 3.63) is 46.0 Å². The van der Waals surface area contributed by atoms with E-state index in [0.29, 0.717) is 41.1 Å². The molecule has 16 heteroatoms. The molecular formula is C24H21F6N7O2S. The molecule has 1 aliphatic carbocycles. The second kappa shape index (κ2) is 9.60. The number of nitrogens with zero attached hydrogens (tertiary/aromatic N) is 5. The molecular weight excluding hydrogens is 564 g/mol. The number of carbonyl (C=O) groups is 2. The molecule has 3 N–H and O–H groups in total. The summed E-state index contributed by atoms with van der Waals surface area (Å²) in [6.45, 7) is 1.45. The third kappa shape index (κ3) is 5.14. The number of hydrogen-bond acceptors (Lipinski definition) is 6. The lowest BCUT2D eigenvalue weighted by atomic mass is 10.0. The molecule has 1 saturated carbocycles. The van der Waals surface area contributed by atoms with Gasteiger partial charge in [-0.3, -0.25) is 19.0 Å². The number of rotatable bonds is 7. The maximum Gasteiger partial charge on any atom is 0.435 e. The highest BCUT2D eigenvalue weighted by molar-refractivity contribution is 7.21. The molecule has 40 heavy (non-hydrogen) atoms. The number of carbonyl (C=O) groups excluding carboxylic acids is 2. The van der Waals surface area contributed by atoms with Gasteiger partial charge in [-0.15, -0.1) is 11.3 Å². The largest absolute Gasteiger partial charge is 0.435 e. The van der Waals surface area contributed by atoms with E-state index in [2.05, 4.69) is 20.5 Å². The molecule has 212 valence electrons. The number of primary amides is 1. The van der Waals surface area contributed by atoms with Gasteiger partial charge in [-0.2, -0.15) is 36.5 Å². The van der Waals surface area contributed by atoms with Crippen LogP contribution in [0.15, 0.2) is 18.3 Å². The lowest BCUT2D eigenvalue weighted by Gasteiger charge is -2.12. The molecule has 4 aromatic heterocycles. The summed E-state index contributed by atoms with van der Waals surface area (Å²) >= 11 is 0.591. The fourth-order valence-electron chi connectivity index (χ4n) is 4.38. The van der Waals surface area contributed by atoms with Gasteiger partial charge < -0.3 is 11.1 Å². The van der Waals surface area contributed by atoms with Crippen molar-refractivity contribution in [2.45, 2.75) is 51.0 Å². The Labute approximate surface area is 226 Å². The lowest BCUT2D eigenvalue weighted by Crippen LogP contribution is -2.19. The number of alkyl halides is 6. The molecule has 1 fully saturated rings. The van der Waals surface area contributed by atoms with E-state index >= 15 is 0 Å². The summed E-state index contributed by atoms with van der Waals surface area (Å²) in [4.78, 5) is 28.6. The summed E-state index contributed by atoms with van der Waals surface area (Å²) < 4.78 is 83.3. The molecule has 0 spiro atoms. The number of anilines is 1. The minimum atomic E-state index is -4.81. The van der Waals surface area contributed by atoms with Crippen LogP contribution in [0.2, 0.25) is 0 Å². The van der Waals surface area contributed by atoms with Crippen molar-refractivity contribution in [2.75, 3.05) is 5.32 Å². The molecule has 0 radical (unpaired) electrons. The van der Waals surface area contributed by atoms with Gasteiger partial charge in [0, 0.05) is 48.3 Å². The second-order valence-electron chi connectivity index (χ2n) is 9.42. The zero-order chi connectivity index (χ0) is 29.1. The van der Waals surface area contributed by atoms with Crippen molar-refractivity contribution < 1.29 is 35.9 Å². The van der Waals surface area contributed by atoms with Crippen LogP contribution in [-0.2, 0) is 30.7 Å². The molecule has 0 aromatic carbocycles. The van der Waals surface area contributed by atoms with E-state index in [9.17, 15) is 35.9 Å². The van der Waals surface area contributed by atoms with Crippen LogP contribution in [0, 0.1) is 6.92 Å². The van der Waals surface area contributed by atoms with Crippen LogP contribution in [0.1, 0.15) is 57.6 Å². The molecule has 4 aromatic rings. The summed E-state index contributed by atoms with van der Waals surface area (Å²) in [5.74, 6) is -1.78. The summed E-state index contributed by atoms with van der Waals surface area (Å²) in [7, 11) is 1.60. The van der Waals surface area contributed by atoms with E-state index in [1.54, 1.807) is 14.0 Å². The SMILES string of the molecule is Cc1c(-c2cc(C(F)(F)F)nc3sc(C(N)=O)c(NC(=O)CCn4nc(C(F)(F)F)cc4C4CC4)c23)cnn1C. The summed E-state index contributed by atoms with van der Waals surface area (Å²) in [5, 5.41) is 10.3. The predicted molar refractivity (Wildman–Crippen MR) is 133 cm³/mol. The lowest BCUT2D eigenvalue weighted by molar-refractivity contribution is -0.142. The van der Waals surface area contributed by atoms with E-state index in [1.165, 1.54) is 10.9 Å². The average Bonchev–Trinajstić information content (AvgIpc) is 3.36. The first-order valence-electron chi connectivity index (χ1n) is 11.9. The van der Waals surface area contributed by atoms with Gasteiger partial charge in [-0.25, -0.2) is 4.98 Å². The number of halogens is 6. The zero-order valence-corrected chi connectivity index (χ0v) is 21.8. The molecule has 0 bridgehead atoms. The molecule has 0 saturated heterocycles. The first kappa shape index (κ1) is 27.6. The highest BCUT2D eigenvalue weighted by atomic mass is 32.1. The number of aromatic nitrogens is 5. The Kier molecular flexibility index (Phi) is 6.63. The maximum absolute atomic E-state index is 13.7. The Balaban J connectivity index is 1.53. The quantitative estimate of drug-likeness (QED) is 0.287. The van der Waals surface area contributed by atoms with Crippen LogP contribution in [0.5, 0.6) is 0 Å². The zero-order valence-electron chi connectivity index (χ0n) is 20.9. The Morgan fingerprint density at radius 2 is 1.77 bits per heavy atom. The molecule has 0 atom stereocenters. The number of aryl methyl sites for hydroxylation is 2. The highest BCUT2D eigenvalue weighted by Gasteiger charge is 2.38. The van der Waals surface area contributed by atoms with Gasteiger partial charge in [0.25, 0.3) is 5.91 Å². The molecule has 0 aliphatic heterocycles. The number of fused-ring (bicyclic) bond motifs is 1. The van der Waals surface area contributed by atoms with Gasteiger partial charge in [0.15, 0.2) is 5.69 Å². The fraction of sp³-hybridized carbons (Fsp3) is 0.375. The molecule has 2 amide bonds. The normalized spacial score (nSPS) is 14.2. The van der Waals surface area contributed by atoms with E-state index in [0.717, 1.165) is 16.8 Å². The minimum absolute atomic E-state index is 0.0277. The molecule has 5 rings (SSSR count). The van der Waals surface area contributed by atoms with E-state index in [1.807, 2.05) is 0 Å². The third-order valence-corrected chi connectivity index (χ3v) is 7.71. The number of amides is 2. The van der Waals surface area contributed by atoms with Crippen LogP contribution < -0.4 is 11.1 Å². The molecule has 9 nitrogen and oxygen atoms in total. The molecule has 4 heterocycles. The summed E-state index contributed by atoms with van der Waals surface area (Å²) in [5.41, 5.74) is 4.33. The van der Waals surface area contributed by atoms with Crippen molar-refractivity contribution in [2.24, 2.45) is 12.8 Å². The van der Waals surface area contributed by atoms with Gasteiger partial charge >= 0.3 is 12.4 Å². The first-order valence-corrected chi connectivity index (χ1v) is 12.7. The van der Waals surface area contributed by atoms with Gasteiger partial charge in [-0.05, 0) is 37.5 Å².